The molecule has 0 saturated carbocycles. The Hall–Kier alpha value is -0.120. The average molecular weight is 273 g/mol. The van der Waals surface area contributed by atoms with Gasteiger partial charge in [0.2, 0.25) is 0 Å². The summed E-state index contributed by atoms with van der Waals surface area (Å²) >= 11 is 0. The highest BCUT2D eigenvalue weighted by Gasteiger charge is 2.11. The van der Waals surface area contributed by atoms with Crippen LogP contribution in [0.15, 0.2) is 0 Å². The maximum Gasteiger partial charge on any atom is 0.0558 e. The van der Waals surface area contributed by atoms with Crippen molar-refractivity contribution in [3.63, 3.8) is 0 Å². The van der Waals surface area contributed by atoms with Crippen LogP contribution in [0, 0.1) is 0 Å². The van der Waals surface area contributed by atoms with Crippen LogP contribution in [0.25, 0.3) is 0 Å². The fourth-order valence-electron chi connectivity index (χ4n) is 2.57. The second kappa shape index (κ2) is 14.3. The lowest BCUT2D eigenvalue weighted by Crippen LogP contribution is -2.37. The van der Waals surface area contributed by atoms with Gasteiger partial charge < -0.3 is 10.2 Å². The average Bonchev–Trinajstić information content (AvgIpc) is 2.41. The maximum atomic E-state index is 9.00. The van der Waals surface area contributed by atoms with Gasteiger partial charge in [-0.05, 0) is 13.3 Å². The summed E-state index contributed by atoms with van der Waals surface area (Å²) in [6.07, 6.45) is 12.0. The summed E-state index contributed by atoms with van der Waals surface area (Å²) in [6, 6.07) is 0.472. The molecular formula is C16H35NO2. The van der Waals surface area contributed by atoms with Gasteiger partial charge in [-0.15, -0.1) is 0 Å². The number of unbranched alkanes of at least 4 members (excludes halogenated alkanes) is 7. The van der Waals surface area contributed by atoms with Crippen LogP contribution in [-0.4, -0.2) is 47.5 Å². The molecule has 0 aromatic rings. The van der Waals surface area contributed by atoms with Crippen molar-refractivity contribution in [2.24, 2.45) is 0 Å². The van der Waals surface area contributed by atoms with Crippen molar-refractivity contribution < 1.29 is 10.2 Å². The Kier molecular flexibility index (Phi) is 14.2. The molecule has 0 saturated heterocycles. The first-order valence-electron chi connectivity index (χ1n) is 8.22. The van der Waals surface area contributed by atoms with E-state index in [9.17, 15) is 0 Å². The quantitative estimate of drug-likeness (QED) is 0.478. The first-order chi connectivity index (χ1) is 9.26. The molecule has 19 heavy (non-hydrogen) atoms. The van der Waals surface area contributed by atoms with Crippen molar-refractivity contribution in [2.45, 2.75) is 77.7 Å². The Morgan fingerprint density at radius 1 is 0.789 bits per heavy atom. The molecule has 0 spiro atoms. The van der Waals surface area contributed by atoms with Crippen LogP contribution in [0.5, 0.6) is 0 Å². The predicted molar refractivity (Wildman–Crippen MR) is 82.4 cm³/mol. The molecule has 0 aliphatic heterocycles. The second-order valence-corrected chi connectivity index (χ2v) is 5.60. The third-order valence-electron chi connectivity index (χ3n) is 3.87. The molecule has 1 atom stereocenters. The molecule has 3 heteroatoms. The van der Waals surface area contributed by atoms with Crippen molar-refractivity contribution in [2.75, 3.05) is 26.3 Å². The largest absolute Gasteiger partial charge is 0.395 e. The summed E-state index contributed by atoms with van der Waals surface area (Å²) in [5.74, 6) is 0. The molecule has 3 nitrogen and oxygen atoms in total. The van der Waals surface area contributed by atoms with Gasteiger partial charge >= 0.3 is 0 Å². The van der Waals surface area contributed by atoms with E-state index in [4.69, 9.17) is 10.2 Å². The van der Waals surface area contributed by atoms with Crippen LogP contribution in [-0.2, 0) is 0 Å². The highest BCUT2D eigenvalue weighted by atomic mass is 16.3. The van der Waals surface area contributed by atoms with E-state index in [-0.39, 0.29) is 13.2 Å². The van der Waals surface area contributed by atoms with E-state index in [0.29, 0.717) is 19.1 Å². The molecule has 0 aromatic heterocycles. The lowest BCUT2D eigenvalue weighted by Gasteiger charge is -2.27. The SMILES string of the molecule is CCCCCCCCCCC(C)N(CCO)CCO. The maximum absolute atomic E-state index is 9.00. The normalized spacial score (nSPS) is 13.1. The summed E-state index contributed by atoms with van der Waals surface area (Å²) in [4.78, 5) is 2.18. The standard InChI is InChI=1S/C16H35NO2/c1-3-4-5-6-7-8-9-10-11-16(2)17(12-14-18)13-15-19/h16,18-19H,3-15H2,1-2H3. The van der Waals surface area contributed by atoms with E-state index in [1.54, 1.807) is 0 Å². The van der Waals surface area contributed by atoms with Crippen molar-refractivity contribution in [1.29, 1.82) is 0 Å². The topological polar surface area (TPSA) is 43.7 Å². The monoisotopic (exact) mass is 273 g/mol. The summed E-state index contributed by atoms with van der Waals surface area (Å²) in [6.45, 7) is 6.18. The van der Waals surface area contributed by atoms with E-state index in [1.165, 1.54) is 57.8 Å². The summed E-state index contributed by atoms with van der Waals surface area (Å²) < 4.78 is 0. The third kappa shape index (κ3) is 11.4. The Morgan fingerprint density at radius 3 is 1.74 bits per heavy atom. The van der Waals surface area contributed by atoms with Gasteiger partial charge in [0.15, 0.2) is 0 Å². The van der Waals surface area contributed by atoms with Gasteiger partial charge in [-0.1, -0.05) is 58.3 Å². The highest BCUT2D eigenvalue weighted by molar-refractivity contribution is 4.67. The third-order valence-corrected chi connectivity index (χ3v) is 3.87. The van der Waals surface area contributed by atoms with Crippen LogP contribution in [0.1, 0.15) is 71.6 Å². The second-order valence-electron chi connectivity index (χ2n) is 5.60. The molecule has 0 heterocycles. The fourth-order valence-corrected chi connectivity index (χ4v) is 2.57. The van der Waals surface area contributed by atoms with E-state index >= 15 is 0 Å². The number of aliphatic hydroxyl groups is 2. The van der Waals surface area contributed by atoms with Crippen molar-refractivity contribution >= 4 is 0 Å². The summed E-state index contributed by atoms with van der Waals surface area (Å²) in [5.41, 5.74) is 0. The van der Waals surface area contributed by atoms with E-state index in [1.807, 2.05) is 0 Å². The molecule has 0 amide bonds. The first kappa shape index (κ1) is 18.9. The molecule has 0 aliphatic carbocycles. The highest BCUT2D eigenvalue weighted by Crippen LogP contribution is 2.12. The molecule has 0 fully saturated rings. The van der Waals surface area contributed by atoms with Gasteiger partial charge in [0.05, 0.1) is 13.2 Å². The van der Waals surface area contributed by atoms with Crippen molar-refractivity contribution in [3.8, 4) is 0 Å². The lowest BCUT2D eigenvalue weighted by molar-refractivity contribution is 0.123. The molecule has 0 aliphatic rings. The molecule has 0 rings (SSSR count). The first-order valence-corrected chi connectivity index (χ1v) is 8.22. The van der Waals surface area contributed by atoms with Crippen molar-refractivity contribution in [1.82, 2.24) is 4.90 Å². The van der Waals surface area contributed by atoms with Crippen LogP contribution in [0.4, 0.5) is 0 Å². The van der Waals surface area contributed by atoms with Gasteiger partial charge in [-0.25, -0.2) is 0 Å². The molecule has 0 bridgehead atoms. The predicted octanol–water partition coefficient (Wildman–Crippen LogP) is 3.19. The molecule has 0 aromatic carbocycles. The summed E-state index contributed by atoms with van der Waals surface area (Å²) in [7, 11) is 0. The lowest BCUT2D eigenvalue weighted by atomic mass is 10.0. The van der Waals surface area contributed by atoms with E-state index < -0.39 is 0 Å². The minimum atomic E-state index is 0.182. The zero-order valence-corrected chi connectivity index (χ0v) is 13.1. The number of hydrogen-bond donors (Lipinski definition) is 2. The number of rotatable bonds is 14. The molecule has 1 unspecified atom stereocenters. The van der Waals surface area contributed by atoms with Crippen molar-refractivity contribution in [3.05, 3.63) is 0 Å². The number of hydrogen-bond acceptors (Lipinski definition) is 3. The zero-order chi connectivity index (χ0) is 14.3. The van der Waals surface area contributed by atoms with Crippen LogP contribution < -0.4 is 0 Å². The Morgan fingerprint density at radius 2 is 1.26 bits per heavy atom. The number of aliphatic hydroxyl groups excluding tert-OH is 2. The van der Waals surface area contributed by atoms with Gasteiger partial charge in [0, 0.05) is 19.1 Å². The van der Waals surface area contributed by atoms with Gasteiger partial charge in [-0.2, -0.15) is 0 Å². The molecule has 2 N–H and O–H groups in total. The summed E-state index contributed by atoms with van der Waals surface area (Å²) in [5, 5.41) is 18.0. The molecule has 116 valence electrons. The van der Waals surface area contributed by atoms with Crippen LogP contribution in [0.2, 0.25) is 0 Å². The van der Waals surface area contributed by atoms with E-state index in [2.05, 4.69) is 18.7 Å². The van der Waals surface area contributed by atoms with Gasteiger partial charge in [0.1, 0.15) is 0 Å². The molecular weight excluding hydrogens is 238 g/mol. The van der Waals surface area contributed by atoms with Gasteiger partial charge in [-0.3, -0.25) is 4.90 Å². The molecule has 0 radical (unpaired) electrons. The smallest absolute Gasteiger partial charge is 0.0558 e. The Balaban J connectivity index is 3.47. The Bertz CT molecular complexity index is 170. The fraction of sp³-hybridized carbons (Fsp3) is 1.00. The van der Waals surface area contributed by atoms with Crippen LogP contribution >= 0.6 is 0 Å². The van der Waals surface area contributed by atoms with Gasteiger partial charge in [0.25, 0.3) is 0 Å². The minimum absolute atomic E-state index is 0.182. The van der Waals surface area contributed by atoms with E-state index in [0.717, 1.165) is 0 Å². The Labute approximate surface area is 120 Å². The zero-order valence-electron chi connectivity index (χ0n) is 13.1. The minimum Gasteiger partial charge on any atom is -0.395 e. The number of nitrogens with zero attached hydrogens (tertiary/aromatic N) is 1. The van der Waals surface area contributed by atoms with Crippen LogP contribution in [0.3, 0.4) is 0 Å².